The van der Waals surface area contributed by atoms with E-state index < -0.39 is 16.2 Å². The average Bonchev–Trinajstić information content (AvgIpc) is 2.87. The molecule has 12 heteroatoms. The van der Waals surface area contributed by atoms with Gasteiger partial charge in [-0.05, 0) is 19.8 Å². The van der Waals surface area contributed by atoms with E-state index in [1.165, 1.54) is 0 Å². The first-order chi connectivity index (χ1) is 11.2. The van der Waals surface area contributed by atoms with Crippen molar-refractivity contribution in [3.8, 4) is 0 Å². The molecule has 0 saturated carbocycles. The van der Waals surface area contributed by atoms with Gasteiger partial charge in [0, 0.05) is 13.1 Å². The molecule has 2 rings (SSSR count). The predicted octanol–water partition coefficient (Wildman–Crippen LogP) is 0.864. The Morgan fingerprint density at radius 2 is 1.96 bits per heavy atom. The minimum Gasteiger partial charge on any atom is -0.466 e. The molecule has 2 N–H and O–H groups in total. The quantitative estimate of drug-likeness (QED) is 0.681. The van der Waals surface area contributed by atoms with Crippen molar-refractivity contribution in [2.75, 3.05) is 19.7 Å². The third-order valence-electron chi connectivity index (χ3n) is 3.50. The van der Waals surface area contributed by atoms with Crippen molar-refractivity contribution in [1.82, 2.24) is 14.9 Å². The lowest BCUT2D eigenvalue weighted by Gasteiger charge is -2.28. The number of urea groups is 1. The van der Waals surface area contributed by atoms with Gasteiger partial charge in [0.15, 0.2) is 5.84 Å². The summed E-state index contributed by atoms with van der Waals surface area (Å²) in [6.45, 7) is 2.24. The highest BCUT2D eigenvalue weighted by Crippen LogP contribution is 2.23. The summed E-state index contributed by atoms with van der Waals surface area (Å²) in [5, 5.41) is 4.47. The van der Waals surface area contributed by atoms with Crippen molar-refractivity contribution in [2.24, 2.45) is 10.3 Å². The summed E-state index contributed by atoms with van der Waals surface area (Å²) >= 11 is 11.2. The molecule has 0 atom stereocenters. The van der Waals surface area contributed by atoms with Gasteiger partial charge in [0.05, 0.1) is 12.5 Å². The van der Waals surface area contributed by atoms with Crippen molar-refractivity contribution >= 4 is 51.2 Å². The number of piperidine rings is 1. The normalized spacial score (nSPS) is 21.5. The number of nitrogens with zero attached hydrogens (tertiary/aromatic N) is 2. The summed E-state index contributed by atoms with van der Waals surface area (Å²) in [5.74, 6) is -0.926. The summed E-state index contributed by atoms with van der Waals surface area (Å²) < 4.78 is 34.0. The molecule has 0 aromatic heterocycles. The highest BCUT2D eigenvalue weighted by Gasteiger charge is 2.33. The largest absolute Gasteiger partial charge is 0.466 e. The molecule has 2 amide bonds. The number of ether oxygens (including phenoxy) is 1. The molecule has 0 unspecified atom stereocenters. The highest BCUT2D eigenvalue weighted by atomic mass is 35.5. The van der Waals surface area contributed by atoms with E-state index in [4.69, 9.17) is 27.9 Å². The third kappa shape index (κ3) is 4.38. The number of carbonyl (C=O) groups excluding carboxylic acids is 2. The fourth-order valence-corrected chi connectivity index (χ4v) is 3.76. The molecular formula is C12H16Cl2N4O5S. The first-order valence-corrected chi connectivity index (χ1v) is 9.30. The minimum absolute atomic E-state index is 0.103. The maximum atomic E-state index is 12.4. The lowest BCUT2D eigenvalue weighted by Crippen LogP contribution is -2.40. The van der Waals surface area contributed by atoms with E-state index in [9.17, 15) is 18.0 Å². The molecule has 0 bridgehead atoms. The maximum Gasteiger partial charge on any atom is 0.325 e. The zero-order valence-electron chi connectivity index (χ0n) is 12.7. The van der Waals surface area contributed by atoms with E-state index in [0.717, 1.165) is 4.31 Å². The van der Waals surface area contributed by atoms with Crippen LogP contribution < -0.4 is 10.6 Å². The summed E-state index contributed by atoms with van der Waals surface area (Å²) in [7, 11) is -4.06. The zero-order valence-corrected chi connectivity index (χ0v) is 15.0. The highest BCUT2D eigenvalue weighted by molar-refractivity contribution is 7.88. The Morgan fingerprint density at radius 3 is 2.50 bits per heavy atom. The molecule has 2 aliphatic heterocycles. The number of hydrogen-bond acceptors (Lipinski definition) is 5. The van der Waals surface area contributed by atoms with E-state index in [0.29, 0.717) is 12.8 Å². The van der Waals surface area contributed by atoms with Crippen LogP contribution in [0.15, 0.2) is 14.6 Å². The van der Waals surface area contributed by atoms with E-state index in [1.54, 1.807) is 6.92 Å². The van der Waals surface area contributed by atoms with Crippen molar-refractivity contribution < 1.29 is 22.7 Å². The maximum absolute atomic E-state index is 12.4. The standard InChI is InChI=1S/C12H16Cl2N4O5S/c1-2-23-11(19)7-3-5-18(6-4-7)24(21,22)17-10-8(9(13)14)15-12(20)16-10/h7H,2-6H2,1H3,(H2,15,16,17,20). The van der Waals surface area contributed by atoms with Gasteiger partial charge in [0.25, 0.3) is 0 Å². The Balaban J connectivity index is 2.10. The third-order valence-corrected chi connectivity index (χ3v) is 5.31. The van der Waals surface area contributed by atoms with Crippen LogP contribution in [0.2, 0.25) is 0 Å². The fourth-order valence-electron chi connectivity index (χ4n) is 2.33. The second-order valence-corrected chi connectivity index (χ2v) is 7.60. The summed E-state index contributed by atoms with van der Waals surface area (Å²) in [5.41, 5.74) is -0.103. The van der Waals surface area contributed by atoms with Gasteiger partial charge >= 0.3 is 22.2 Å². The second-order valence-electron chi connectivity index (χ2n) is 5.06. The average molecular weight is 399 g/mol. The Bertz CT molecular complexity index is 694. The summed E-state index contributed by atoms with van der Waals surface area (Å²) in [4.78, 5) is 23.0. The zero-order chi connectivity index (χ0) is 17.9. The first-order valence-electron chi connectivity index (χ1n) is 7.15. The molecule has 2 aliphatic rings. The SMILES string of the molecule is CCOC(=O)C1CCN(S(=O)(=O)/N=C2/NC(=O)NC2=C(Cl)Cl)CC1. The van der Waals surface area contributed by atoms with Crippen LogP contribution in [0.25, 0.3) is 0 Å². The number of amidine groups is 1. The van der Waals surface area contributed by atoms with E-state index in [-0.39, 0.29) is 47.6 Å². The topological polar surface area (TPSA) is 117 Å². The first kappa shape index (κ1) is 19.0. The molecule has 24 heavy (non-hydrogen) atoms. The summed E-state index contributed by atoms with van der Waals surface area (Å²) in [6.07, 6.45) is 0.680. The Kier molecular flexibility index (Phi) is 6.07. The number of carbonyl (C=O) groups is 2. The summed E-state index contributed by atoms with van der Waals surface area (Å²) in [6, 6.07) is -0.682. The van der Waals surface area contributed by atoms with Gasteiger partial charge in [-0.25, -0.2) is 4.79 Å². The molecule has 2 heterocycles. The lowest BCUT2D eigenvalue weighted by molar-refractivity contribution is -0.149. The van der Waals surface area contributed by atoms with Gasteiger partial charge in [0.2, 0.25) is 0 Å². The monoisotopic (exact) mass is 398 g/mol. The van der Waals surface area contributed by atoms with Crippen molar-refractivity contribution in [3.63, 3.8) is 0 Å². The molecule has 134 valence electrons. The molecule has 0 aromatic rings. The Hall–Kier alpha value is -1.36. The Labute approximate surface area is 149 Å². The predicted molar refractivity (Wildman–Crippen MR) is 87.7 cm³/mol. The lowest BCUT2D eigenvalue weighted by atomic mass is 9.98. The number of hydrogen-bond donors (Lipinski definition) is 2. The van der Waals surface area contributed by atoms with Crippen LogP contribution in [-0.4, -0.2) is 50.3 Å². The number of nitrogens with one attached hydrogen (secondary N) is 2. The van der Waals surface area contributed by atoms with Crippen LogP contribution in [0.3, 0.4) is 0 Å². The van der Waals surface area contributed by atoms with Gasteiger partial charge in [-0.1, -0.05) is 23.2 Å². The van der Waals surface area contributed by atoms with Gasteiger partial charge in [0.1, 0.15) is 10.2 Å². The van der Waals surface area contributed by atoms with E-state index in [2.05, 4.69) is 15.0 Å². The number of halogens is 2. The molecule has 2 fully saturated rings. The van der Waals surface area contributed by atoms with Crippen molar-refractivity contribution in [1.29, 1.82) is 0 Å². The van der Waals surface area contributed by atoms with Crippen molar-refractivity contribution in [2.45, 2.75) is 19.8 Å². The van der Waals surface area contributed by atoms with E-state index in [1.807, 2.05) is 0 Å². The van der Waals surface area contributed by atoms with Crippen LogP contribution in [0.4, 0.5) is 4.79 Å². The molecule has 0 aromatic carbocycles. The smallest absolute Gasteiger partial charge is 0.325 e. The molecule has 0 radical (unpaired) electrons. The van der Waals surface area contributed by atoms with Gasteiger partial charge < -0.3 is 10.1 Å². The van der Waals surface area contributed by atoms with Crippen molar-refractivity contribution in [3.05, 3.63) is 10.2 Å². The molecule has 2 saturated heterocycles. The number of amides is 2. The van der Waals surface area contributed by atoms with Crippen LogP contribution in [0.1, 0.15) is 19.8 Å². The fraction of sp³-hybridized carbons (Fsp3) is 0.583. The van der Waals surface area contributed by atoms with Gasteiger partial charge in [-0.15, -0.1) is 4.40 Å². The van der Waals surface area contributed by atoms with Crippen LogP contribution in [0.5, 0.6) is 0 Å². The molecule has 0 spiro atoms. The molecule has 9 nitrogen and oxygen atoms in total. The number of rotatable bonds is 4. The number of esters is 1. The van der Waals surface area contributed by atoms with Crippen LogP contribution >= 0.6 is 23.2 Å². The molecule has 0 aliphatic carbocycles. The van der Waals surface area contributed by atoms with Crippen LogP contribution in [-0.2, 0) is 19.7 Å². The van der Waals surface area contributed by atoms with Crippen LogP contribution in [0, 0.1) is 5.92 Å². The van der Waals surface area contributed by atoms with Gasteiger partial charge in [-0.2, -0.15) is 12.7 Å². The Morgan fingerprint density at radius 1 is 1.33 bits per heavy atom. The van der Waals surface area contributed by atoms with E-state index >= 15 is 0 Å². The molecular weight excluding hydrogens is 383 g/mol. The second kappa shape index (κ2) is 7.68. The van der Waals surface area contributed by atoms with Gasteiger partial charge in [-0.3, -0.25) is 10.1 Å². The minimum atomic E-state index is -4.06.